The number of aromatic nitrogens is 1. The van der Waals surface area contributed by atoms with Gasteiger partial charge in [0.15, 0.2) is 17.3 Å². The maximum atomic E-state index is 12.9. The fourth-order valence-corrected chi connectivity index (χ4v) is 5.16. The molecule has 1 aliphatic carbocycles. The summed E-state index contributed by atoms with van der Waals surface area (Å²) in [5.74, 6) is 2.38. The Balaban J connectivity index is 0.000000356. The molecule has 0 bridgehead atoms. The lowest BCUT2D eigenvalue weighted by molar-refractivity contribution is 0.0895. The summed E-state index contributed by atoms with van der Waals surface area (Å²) in [4.78, 5) is 19.5. The number of nitrogens with zero attached hydrogens (tertiary/aromatic N) is 2. The molecule has 2 aromatic carbocycles. The predicted octanol–water partition coefficient (Wildman–Crippen LogP) is 5.75. The van der Waals surface area contributed by atoms with E-state index in [0.717, 1.165) is 49.3 Å². The first-order chi connectivity index (χ1) is 17.1. The van der Waals surface area contributed by atoms with Crippen LogP contribution in [0.25, 0.3) is 0 Å². The highest BCUT2D eigenvalue weighted by Crippen LogP contribution is 2.39. The van der Waals surface area contributed by atoms with Gasteiger partial charge >= 0.3 is 0 Å². The second-order valence-corrected chi connectivity index (χ2v) is 9.54. The number of rotatable bonds is 6. The minimum Gasteiger partial charge on any atom is -0.493 e. The molecule has 5 rings (SSSR count). The molecule has 1 saturated heterocycles. The molecule has 1 atom stereocenters. The first-order valence-corrected chi connectivity index (χ1v) is 12.5. The van der Waals surface area contributed by atoms with E-state index in [1.807, 2.05) is 37.3 Å². The molecule has 1 fully saturated rings. The molecule has 5 heteroatoms. The Morgan fingerprint density at radius 1 is 0.943 bits per heavy atom. The van der Waals surface area contributed by atoms with Gasteiger partial charge in [0, 0.05) is 29.9 Å². The van der Waals surface area contributed by atoms with Gasteiger partial charge in [-0.3, -0.25) is 14.7 Å². The van der Waals surface area contributed by atoms with Gasteiger partial charge in [0.05, 0.1) is 14.2 Å². The number of hydrogen-bond acceptors (Lipinski definition) is 5. The van der Waals surface area contributed by atoms with Gasteiger partial charge in [-0.15, -0.1) is 0 Å². The highest BCUT2D eigenvalue weighted by Gasteiger charge is 2.34. The lowest BCUT2D eigenvalue weighted by Gasteiger charge is -2.32. The summed E-state index contributed by atoms with van der Waals surface area (Å²) in [6.45, 7) is 5.24. The molecule has 2 aliphatic rings. The smallest absolute Gasteiger partial charge is 0.166 e. The average molecular weight is 473 g/mol. The van der Waals surface area contributed by atoms with Crippen LogP contribution in [0.4, 0.5) is 0 Å². The van der Waals surface area contributed by atoms with E-state index in [2.05, 4.69) is 40.2 Å². The first kappa shape index (κ1) is 24.9. The van der Waals surface area contributed by atoms with Crippen molar-refractivity contribution in [3.05, 3.63) is 89.2 Å². The van der Waals surface area contributed by atoms with Gasteiger partial charge in [0.25, 0.3) is 0 Å². The third-order valence-corrected chi connectivity index (χ3v) is 7.10. The lowest BCUT2D eigenvalue weighted by atomic mass is 9.85. The first-order valence-electron chi connectivity index (χ1n) is 12.5. The number of aryl methyl sites for hydroxylation is 1. The highest BCUT2D eigenvalue weighted by atomic mass is 16.5. The number of pyridine rings is 1. The van der Waals surface area contributed by atoms with Gasteiger partial charge < -0.3 is 9.47 Å². The molecule has 5 nitrogen and oxygen atoms in total. The zero-order valence-electron chi connectivity index (χ0n) is 21.1. The van der Waals surface area contributed by atoms with Crippen LogP contribution in [0, 0.1) is 18.8 Å². The summed E-state index contributed by atoms with van der Waals surface area (Å²) in [5.41, 5.74) is 4.38. The van der Waals surface area contributed by atoms with E-state index in [9.17, 15) is 4.79 Å². The van der Waals surface area contributed by atoms with Gasteiger partial charge in [-0.25, -0.2) is 0 Å². The summed E-state index contributed by atoms with van der Waals surface area (Å²) in [5, 5.41) is 0. The van der Waals surface area contributed by atoms with E-state index in [1.54, 1.807) is 20.4 Å². The Morgan fingerprint density at radius 3 is 2.23 bits per heavy atom. The Labute approximate surface area is 209 Å². The van der Waals surface area contributed by atoms with Crippen LogP contribution >= 0.6 is 0 Å². The molecule has 35 heavy (non-hydrogen) atoms. The van der Waals surface area contributed by atoms with E-state index in [4.69, 9.17) is 9.47 Å². The van der Waals surface area contributed by atoms with Crippen LogP contribution in [0.5, 0.6) is 11.5 Å². The van der Waals surface area contributed by atoms with Crippen molar-refractivity contribution in [1.29, 1.82) is 0 Å². The maximum Gasteiger partial charge on any atom is 0.166 e. The predicted molar refractivity (Wildman–Crippen MR) is 139 cm³/mol. The molecular weight excluding hydrogens is 436 g/mol. The number of likely N-dealkylation sites (tertiary alicyclic amines) is 1. The molecule has 184 valence electrons. The minimum atomic E-state index is 0.109. The number of ketones is 1. The zero-order chi connectivity index (χ0) is 24.6. The van der Waals surface area contributed by atoms with Crippen molar-refractivity contribution < 1.29 is 14.3 Å². The molecule has 3 aromatic rings. The number of carbonyl (C=O) groups excluding carboxylic acids is 1. The molecule has 1 unspecified atom stereocenters. The van der Waals surface area contributed by atoms with Crippen LogP contribution in [0.1, 0.15) is 46.4 Å². The Kier molecular flexibility index (Phi) is 8.54. The summed E-state index contributed by atoms with van der Waals surface area (Å²) < 4.78 is 10.8. The number of carbonyl (C=O) groups is 1. The third kappa shape index (κ3) is 6.49. The summed E-state index contributed by atoms with van der Waals surface area (Å²) in [6.07, 6.45) is 5.98. The Bertz CT molecular complexity index is 1090. The number of Topliss-reactive ketones (excluding diaryl/α,β-unsaturated/α-hetero) is 1. The lowest BCUT2D eigenvalue weighted by Crippen LogP contribution is -2.34. The van der Waals surface area contributed by atoms with Crippen LogP contribution in [0.2, 0.25) is 0 Å². The van der Waals surface area contributed by atoms with Gasteiger partial charge in [-0.2, -0.15) is 0 Å². The van der Waals surface area contributed by atoms with Gasteiger partial charge in [0.1, 0.15) is 0 Å². The van der Waals surface area contributed by atoms with Crippen molar-refractivity contribution in [3.63, 3.8) is 0 Å². The van der Waals surface area contributed by atoms with Crippen molar-refractivity contribution >= 4 is 5.78 Å². The van der Waals surface area contributed by atoms with Gasteiger partial charge in [-0.1, -0.05) is 36.4 Å². The van der Waals surface area contributed by atoms with Crippen molar-refractivity contribution in [2.45, 2.75) is 39.2 Å². The molecule has 0 N–H and O–H groups in total. The number of piperidine rings is 1. The quantitative estimate of drug-likeness (QED) is 0.457. The molecule has 0 saturated carbocycles. The second kappa shape index (κ2) is 12.0. The number of ether oxygens (including phenoxy) is 2. The Hall–Kier alpha value is -3.18. The average Bonchev–Trinajstić information content (AvgIpc) is 3.19. The van der Waals surface area contributed by atoms with Crippen LogP contribution < -0.4 is 9.47 Å². The molecule has 0 spiro atoms. The standard InChI is InChI=1S/C24H29NO3.C6H7N/c1-27-22-14-19-13-20(24(26)21(19)15-23(22)28-2)12-17-8-10-25(11-9-17)16-18-6-4-3-5-7-18;1-6-4-2-3-5-7-6/h3-7,14-15,17,20H,8-13,16H2,1-2H3;2-5H,1H3. The summed E-state index contributed by atoms with van der Waals surface area (Å²) in [7, 11) is 3.26. The van der Waals surface area contributed by atoms with Crippen LogP contribution in [0.15, 0.2) is 66.9 Å². The summed E-state index contributed by atoms with van der Waals surface area (Å²) in [6, 6.07) is 20.4. The van der Waals surface area contributed by atoms with E-state index >= 15 is 0 Å². The molecular formula is C30H36N2O3. The molecule has 0 radical (unpaired) electrons. The largest absolute Gasteiger partial charge is 0.493 e. The zero-order valence-corrected chi connectivity index (χ0v) is 21.1. The monoisotopic (exact) mass is 472 g/mol. The Morgan fingerprint density at radius 2 is 1.63 bits per heavy atom. The third-order valence-electron chi connectivity index (χ3n) is 7.10. The molecule has 2 heterocycles. The number of benzene rings is 2. The van der Waals surface area contributed by atoms with Crippen molar-refractivity contribution in [2.75, 3.05) is 27.3 Å². The van der Waals surface area contributed by atoms with Crippen molar-refractivity contribution in [2.24, 2.45) is 11.8 Å². The van der Waals surface area contributed by atoms with Gasteiger partial charge in [0.2, 0.25) is 0 Å². The maximum absolute atomic E-state index is 12.9. The van der Waals surface area contributed by atoms with E-state index < -0.39 is 0 Å². The van der Waals surface area contributed by atoms with Crippen LogP contribution in [-0.2, 0) is 13.0 Å². The molecule has 1 aromatic heterocycles. The van der Waals surface area contributed by atoms with Gasteiger partial charge in [-0.05, 0) is 87.0 Å². The van der Waals surface area contributed by atoms with Crippen LogP contribution in [0.3, 0.4) is 0 Å². The molecule has 0 amide bonds. The fraction of sp³-hybridized carbons (Fsp3) is 0.400. The SMILES string of the molecule is COc1cc2c(cc1OC)C(=O)C(CC1CCN(Cc3ccccc3)CC1)C2.Cc1ccccn1. The minimum absolute atomic E-state index is 0.109. The number of hydrogen-bond donors (Lipinski definition) is 0. The van der Waals surface area contributed by atoms with Crippen LogP contribution in [-0.4, -0.2) is 43.0 Å². The number of fused-ring (bicyclic) bond motifs is 1. The second-order valence-electron chi connectivity index (χ2n) is 9.54. The highest BCUT2D eigenvalue weighted by molar-refractivity contribution is 6.02. The van der Waals surface area contributed by atoms with E-state index in [0.29, 0.717) is 17.4 Å². The van der Waals surface area contributed by atoms with Crippen molar-refractivity contribution in [1.82, 2.24) is 9.88 Å². The topological polar surface area (TPSA) is 51.7 Å². The number of methoxy groups -OCH3 is 2. The molecule has 1 aliphatic heterocycles. The fourth-order valence-electron chi connectivity index (χ4n) is 5.16. The van der Waals surface area contributed by atoms with E-state index in [-0.39, 0.29) is 11.7 Å². The summed E-state index contributed by atoms with van der Waals surface area (Å²) >= 11 is 0. The normalized spacial score (nSPS) is 17.9. The van der Waals surface area contributed by atoms with Crippen molar-refractivity contribution in [3.8, 4) is 11.5 Å². The van der Waals surface area contributed by atoms with E-state index in [1.165, 1.54) is 18.4 Å².